The second-order valence-electron chi connectivity index (χ2n) is 5.87. The molecule has 0 saturated carbocycles. The van der Waals surface area contributed by atoms with Gasteiger partial charge in [-0.3, -0.25) is 9.69 Å². The van der Waals surface area contributed by atoms with E-state index in [0.717, 1.165) is 37.2 Å². The van der Waals surface area contributed by atoms with E-state index in [2.05, 4.69) is 22.3 Å². The first-order chi connectivity index (χ1) is 10.6. The van der Waals surface area contributed by atoms with Crippen LogP contribution in [-0.2, 0) is 16.1 Å². The summed E-state index contributed by atoms with van der Waals surface area (Å²) in [6.45, 7) is 4.10. The molecule has 0 spiro atoms. The van der Waals surface area contributed by atoms with Gasteiger partial charge in [-0.25, -0.2) is 0 Å². The molecule has 1 heterocycles. The van der Waals surface area contributed by atoms with Crippen LogP contribution in [0.3, 0.4) is 0 Å². The van der Waals surface area contributed by atoms with Crippen LogP contribution in [0.4, 0.5) is 0 Å². The minimum absolute atomic E-state index is 0.0390. The minimum atomic E-state index is -0.558. The summed E-state index contributed by atoms with van der Waals surface area (Å²) < 4.78 is 10.7. The number of hydrogen-bond acceptors (Lipinski definition) is 4. The molecule has 5 nitrogen and oxygen atoms in total. The SMILES string of the molecule is CNC(=O)C1(COC)CCCN1Cc1ccc(OC)c(C)c1. The molecule has 1 aromatic carbocycles. The number of rotatable bonds is 6. The van der Waals surface area contributed by atoms with Crippen molar-refractivity contribution in [2.24, 2.45) is 0 Å². The van der Waals surface area contributed by atoms with Gasteiger partial charge in [0.2, 0.25) is 5.91 Å². The van der Waals surface area contributed by atoms with E-state index in [1.54, 1.807) is 21.3 Å². The van der Waals surface area contributed by atoms with Crippen molar-refractivity contribution in [3.8, 4) is 5.75 Å². The number of nitrogens with zero attached hydrogens (tertiary/aromatic N) is 1. The van der Waals surface area contributed by atoms with E-state index in [1.165, 1.54) is 5.56 Å². The highest BCUT2D eigenvalue weighted by molar-refractivity contribution is 5.86. The Morgan fingerprint density at radius 2 is 2.18 bits per heavy atom. The summed E-state index contributed by atoms with van der Waals surface area (Å²) >= 11 is 0. The topological polar surface area (TPSA) is 50.8 Å². The van der Waals surface area contributed by atoms with Crippen molar-refractivity contribution in [2.75, 3.05) is 34.4 Å². The number of nitrogens with one attached hydrogen (secondary N) is 1. The molecule has 0 radical (unpaired) electrons. The van der Waals surface area contributed by atoms with Crippen molar-refractivity contribution in [1.82, 2.24) is 10.2 Å². The number of carbonyl (C=O) groups excluding carboxylic acids is 1. The standard InChI is InChI=1S/C17H26N2O3/c1-13-10-14(6-7-15(13)22-4)11-19-9-5-8-17(19,12-21-3)16(20)18-2/h6-7,10H,5,8-9,11-12H2,1-4H3,(H,18,20). The summed E-state index contributed by atoms with van der Waals surface area (Å²) in [7, 11) is 5.02. The van der Waals surface area contributed by atoms with Gasteiger partial charge in [0.15, 0.2) is 0 Å². The van der Waals surface area contributed by atoms with Crippen LogP contribution in [-0.4, -0.2) is 50.8 Å². The highest BCUT2D eigenvalue weighted by Gasteiger charge is 2.46. The van der Waals surface area contributed by atoms with Crippen LogP contribution >= 0.6 is 0 Å². The summed E-state index contributed by atoms with van der Waals surface area (Å²) in [6, 6.07) is 6.17. The molecule has 1 aliphatic rings. The summed E-state index contributed by atoms with van der Waals surface area (Å²) in [6.07, 6.45) is 1.83. The molecule has 0 aromatic heterocycles. The van der Waals surface area contributed by atoms with Crippen molar-refractivity contribution in [1.29, 1.82) is 0 Å². The van der Waals surface area contributed by atoms with Crippen molar-refractivity contribution in [3.63, 3.8) is 0 Å². The van der Waals surface area contributed by atoms with Crippen molar-refractivity contribution < 1.29 is 14.3 Å². The molecule has 2 rings (SSSR count). The normalized spacial score (nSPS) is 21.8. The maximum Gasteiger partial charge on any atom is 0.242 e. The third-order valence-electron chi connectivity index (χ3n) is 4.49. The number of carbonyl (C=O) groups is 1. The highest BCUT2D eigenvalue weighted by Crippen LogP contribution is 2.32. The van der Waals surface area contributed by atoms with Crippen molar-refractivity contribution >= 4 is 5.91 Å². The molecule has 122 valence electrons. The first kappa shape index (κ1) is 16.8. The average molecular weight is 306 g/mol. The Morgan fingerprint density at radius 1 is 1.41 bits per heavy atom. The number of likely N-dealkylation sites (tertiary alicyclic amines) is 1. The maximum atomic E-state index is 12.4. The number of amides is 1. The Labute approximate surface area is 132 Å². The minimum Gasteiger partial charge on any atom is -0.496 e. The van der Waals surface area contributed by atoms with Gasteiger partial charge >= 0.3 is 0 Å². The fourth-order valence-electron chi connectivity index (χ4n) is 3.38. The molecule has 1 amide bonds. The van der Waals surface area contributed by atoms with E-state index in [1.807, 2.05) is 13.0 Å². The van der Waals surface area contributed by atoms with Crippen LogP contribution in [0.1, 0.15) is 24.0 Å². The lowest BCUT2D eigenvalue weighted by Gasteiger charge is -2.36. The molecular formula is C17H26N2O3. The van der Waals surface area contributed by atoms with Crippen LogP contribution in [0, 0.1) is 6.92 Å². The first-order valence-corrected chi connectivity index (χ1v) is 7.67. The largest absolute Gasteiger partial charge is 0.496 e. The molecule has 1 aliphatic heterocycles. The average Bonchev–Trinajstić information content (AvgIpc) is 2.91. The molecule has 22 heavy (non-hydrogen) atoms. The predicted molar refractivity (Wildman–Crippen MR) is 86.0 cm³/mol. The fraction of sp³-hybridized carbons (Fsp3) is 0.588. The zero-order valence-corrected chi connectivity index (χ0v) is 13.9. The molecule has 1 aromatic rings. The summed E-state index contributed by atoms with van der Waals surface area (Å²) in [5.74, 6) is 0.928. The lowest BCUT2D eigenvalue weighted by Crippen LogP contribution is -2.57. The molecule has 1 N–H and O–H groups in total. The van der Waals surface area contributed by atoms with Gasteiger partial charge in [0.05, 0.1) is 13.7 Å². The van der Waals surface area contributed by atoms with Crippen LogP contribution < -0.4 is 10.1 Å². The second-order valence-corrected chi connectivity index (χ2v) is 5.87. The molecule has 1 saturated heterocycles. The van der Waals surface area contributed by atoms with Gasteiger partial charge in [0.25, 0.3) is 0 Å². The molecule has 0 aliphatic carbocycles. The Bertz CT molecular complexity index is 533. The van der Waals surface area contributed by atoms with Gasteiger partial charge in [-0.15, -0.1) is 0 Å². The quantitative estimate of drug-likeness (QED) is 0.869. The molecule has 1 fully saturated rings. The number of likely N-dealkylation sites (N-methyl/N-ethyl adjacent to an activating group) is 1. The number of ether oxygens (including phenoxy) is 2. The maximum absolute atomic E-state index is 12.4. The van der Waals surface area contributed by atoms with Gasteiger partial charge in [0.1, 0.15) is 11.3 Å². The van der Waals surface area contributed by atoms with Gasteiger partial charge in [0, 0.05) is 20.7 Å². The number of benzene rings is 1. The van der Waals surface area contributed by atoms with E-state index >= 15 is 0 Å². The summed E-state index contributed by atoms with van der Waals surface area (Å²) in [5, 5.41) is 2.80. The van der Waals surface area contributed by atoms with Gasteiger partial charge in [-0.05, 0) is 43.5 Å². The monoisotopic (exact) mass is 306 g/mol. The molecule has 1 unspecified atom stereocenters. The Hall–Kier alpha value is -1.59. The Kier molecular flexibility index (Phi) is 5.42. The fourth-order valence-corrected chi connectivity index (χ4v) is 3.38. The van der Waals surface area contributed by atoms with Gasteiger partial charge in [-0.2, -0.15) is 0 Å². The lowest BCUT2D eigenvalue weighted by atomic mass is 9.95. The van der Waals surface area contributed by atoms with E-state index in [9.17, 15) is 4.79 Å². The van der Waals surface area contributed by atoms with Gasteiger partial charge in [-0.1, -0.05) is 12.1 Å². The summed E-state index contributed by atoms with van der Waals surface area (Å²) in [4.78, 5) is 14.7. The van der Waals surface area contributed by atoms with Crippen LogP contribution in [0.25, 0.3) is 0 Å². The molecule has 0 bridgehead atoms. The van der Waals surface area contributed by atoms with Crippen LogP contribution in [0.15, 0.2) is 18.2 Å². The van der Waals surface area contributed by atoms with Gasteiger partial charge < -0.3 is 14.8 Å². The van der Waals surface area contributed by atoms with E-state index in [0.29, 0.717) is 6.61 Å². The number of methoxy groups -OCH3 is 2. The number of aryl methyl sites for hydroxylation is 1. The zero-order valence-electron chi connectivity index (χ0n) is 13.9. The highest BCUT2D eigenvalue weighted by atomic mass is 16.5. The first-order valence-electron chi connectivity index (χ1n) is 7.67. The smallest absolute Gasteiger partial charge is 0.242 e. The summed E-state index contributed by atoms with van der Waals surface area (Å²) in [5.41, 5.74) is 1.73. The predicted octanol–water partition coefficient (Wildman–Crippen LogP) is 1.73. The van der Waals surface area contributed by atoms with Crippen molar-refractivity contribution in [3.05, 3.63) is 29.3 Å². The lowest BCUT2D eigenvalue weighted by molar-refractivity contribution is -0.135. The van der Waals surface area contributed by atoms with E-state index < -0.39 is 5.54 Å². The second kappa shape index (κ2) is 7.11. The Balaban J connectivity index is 2.22. The van der Waals surface area contributed by atoms with Crippen LogP contribution in [0.5, 0.6) is 5.75 Å². The molecule has 1 atom stereocenters. The number of hydrogen-bond donors (Lipinski definition) is 1. The zero-order chi connectivity index (χ0) is 16.2. The third-order valence-corrected chi connectivity index (χ3v) is 4.49. The third kappa shape index (κ3) is 3.10. The van der Waals surface area contributed by atoms with Crippen molar-refractivity contribution in [2.45, 2.75) is 31.8 Å². The van der Waals surface area contributed by atoms with Crippen LogP contribution in [0.2, 0.25) is 0 Å². The van der Waals surface area contributed by atoms with E-state index in [4.69, 9.17) is 9.47 Å². The Morgan fingerprint density at radius 3 is 2.77 bits per heavy atom. The molecular weight excluding hydrogens is 280 g/mol. The molecule has 5 heteroatoms. The van der Waals surface area contributed by atoms with E-state index in [-0.39, 0.29) is 5.91 Å².